The molecule has 2 aromatic rings. The molecule has 1 amide bonds. The van der Waals surface area contributed by atoms with Gasteiger partial charge >= 0.3 is 0 Å². The molecule has 0 saturated heterocycles. The Balaban J connectivity index is 1.26. The minimum Gasteiger partial charge on any atom is -0.493 e. The van der Waals surface area contributed by atoms with Gasteiger partial charge in [-0.05, 0) is 48.9 Å². The van der Waals surface area contributed by atoms with E-state index in [4.69, 9.17) is 9.47 Å². The standard InChI is InChI=1S/C23H28N2O3/c1-27-21-11-4-8-18-15-19(16-28-22(18)21)23(26)24-12-6-14-25-13-5-9-17-7-2-3-10-20(17)25/h2-4,7-8,10-11,19H,5-6,9,12-16H2,1H3,(H,24,26)/t19-/m1/s1. The highest BCUT2D eigenvalue weighted by Crippen LogP contribution is 2.36. The quantitative estimate of drug-likeness (QED) is 0.782. The lowest BCUT2D eigenvalue weighted by Crippen LogP contribution is -2.39. The molecule has 0 aromatic heterocycles. The Labute approximate surface area is 166 Å². The van der Waals surface area contributed by atoms with Gasteiger partial charge in [-0.3, -0.25) is 4.79 Å². The number of aryl methyl sites for hydroxylation is 1. The number of benzene rings is 2. The van der Waals surface area contributed by atoms with Gasteiger partial charge in [-0.1, -0.05) is 30.3 Å². The van der Waals surface area contributed by atoms with Crippen LogP contribution in [0, 0.1) is 5.92 Å². The third kappa shape index (κ3) is 3.93. The van der Waals surface area contributed by atoms with E-state index in [1.807, 2.05) is 18.2 Å². The van der Waals surface area contributed by atoms with Crippen LogP contribution < -0.4 is 19.7 Å². The first kappa shape index (κ1) is 18.7. The van der Waals surface area contributed by atoms with Crippen molar-refractivity contribution < 1.29 is 14.3 Å². The third-order valence-electron chi connectivity index (χ3n) is 5.66. The zero-order valence-corrected chi connectivity index (χ0v) is 16.4. The van der Waals surface area contributed by atoms with Gasteiger partial charge in [0.1, 0.15) is 6.61 Å². The highest BCUT2D eigenvalue weighted by Gasteiger charge is 2.27. The molecule has 0 fully saturated rings. The van der Waals surface area contributed by atoms with Gasteiger partial charge in [-0.15, -0.1) is 0 Å². The summed E-state index contributed by atoms with van der Waals surface area (Å²) in [5, 5.41) is 3.10. The van der Waals surface area contributed by atoms with E-state index in [0.29, 0.717) is 19.6 Å². The van der Waals surface area contributed by atoms with Crippen molar-refractivity contribution in [3.05, 3.63) is 53.6 Å². The maximum Gasteiger partial charge on any atom is 0.226 e. The number of methoxy groups -OCH3 is 1. The van der Waals surface area contributed by atoms with Crippen LogP contribution >= 0.6 is 0 Å². The predicted molar refractivity (Wildman–Crippen MR) is 110 cm³/mol. The van der Waals surface area contributed by atoms with Crippen LogP contribution in [0.1, 0.15) is 24.0 Å². The van der Waals surface area contributed by atoms with E-state index in [2.05, 4.69) is 34.5 Å². The highest BCUT2D eigenvalue weighted by atomic mass is 16.5. The zero-order chi connectivity index (χ0) is 19.3. The van der Waals surface area contributed by atoms with E-state index < -0.39 is 0 Å². The molecule has 4 rings (SSSR count). The molecule has 5 nitrogen and oxygen atoms in total. The van der Waals surface area contributed by atoms with E-state index in [9.17, 15) is 4.79 Å². The molecule has 0 bridgehead atoms. The fourth-order valence-electron chi connectivity index (χ4n) is 4.19. The first-order valence-electron chi connectivity index (χ1n) is 10.2. The molecule has 148 valence electrons. The summed E-state index contributed by atoms with van der Waals surface area (Å²) in [6, 6.07) is 14.5. The monoisotopic (exact) mass is 380 g/mol. The molecule has 0 radical (unpaired) electrons. The van der Waals surface area contributed by atoms with Crippen molar-refractivity contribution in [3.8, 4) is 11.5 Å². The van der Waals surface area contributed by atoms with Gasteiger partial charge < -0.3 is 19.7 Å². The number of carbonyl (C=O) groups excluding carboxylic acids is 1. The number of para-hydroxylation sites is 2. The van der Waals surface area contributed by atoms with E-state index >= 15 is 0 Å². The lowest BCUT2D eigenvalue weighted by atomic mass is 9.95. The number of amides is 1. The van der Waals surface area contributed by atoms with E-state index in [-0.39, 0.29) is 11.8 Å². The van der Waals surface area contributed by atoms with E-state index in [1.165, 1.54) is 17.7 Å². The number of rotatable bonds is 6. The van der Waals surface area contributed by atoms with Crippen molar-refractivity contribution in [2.75, 3.05) is 38.3 Å². The van der Waals surface area contributed by atoms with Crippen molar-refractivity contribution in [1.82, 2.24) is 5.32 Å². The number of hydrogen-bond donors (Lipinski definition) is 1. The summed E-state index contributed by atoms with van der Waals surface area (Å²) >= 11 is 0. The summed E-state index contributed by atoms with van der Waals surface area (Å²) in [6.45, 7) is 3.16. The van der Waals surface area contributed by atoms with Crippen molar-refractivity contribution in [1.29, 1.82) is 0 Å². The number of ether oxygens (including phenoxy) is 2. The molecule has 1 N–H and O–H groups in total. The van der Waals surface area contributed by atoms with Crippen LogP contribution in [0.5, 0.6) is 11.5 Å². The second kappa shape index (κ2) is 8.55. The molecule has 2 heterocycles. The lowest BCUT2D eigenvalue weighted by Gasteiger charge is -2.31. The summed E-state index contributed by atoms with van der Waals surface area (Å²) in [4.78, 5) is 15.0. The molecule has 2 aliphatic heterocycles. The van der Waals surface area contributed by atoms with Gasteiger partial charge in [0, 0.05) is 25.3 Å². The second-order valence-corrected chi connectivity index (χ2v) is 7.52. The van der Waals surface area contributed by atoms with Gasteiger partial charge in [0.05, 0.1) is 13.0 Å². The number of fused-ring (bicyclic) bond motifs is 2. The van der Waals surface area contributed by atoms with Gasteiger partial charge in [-0.2, -0.15) is 0 Å². The van der Waals surface area contributed by atoms with Gasteiger partial charge in [0.25, 0.3) is 0 Å². The molecule has 5 heteroatoms. The average molecular weight is 380 g/mol. The zero-order valence-electron chi connectivity index (χ0n) is 16.4. The molecular formula is C23H28N2O3. The normalized spacial score (nSPS) is 17.9. The Bertz CT molecular complexity index is 836. The first-order valence-corrected chi connectivity index (χ1v) is 10.2. The first-order chi connectivity index (χ1) is 13.8. The number of nitrogens with one attached hydrogen (secondary N) is 1. The Hall–Kier alpha value is -2.69. The highest BCUT2D eigenvalue weighted by molar-refractivity contribution is 5.79. The Morgan fingerprint density at radius 1 is 1.21 bits per heavy atom. The molecule has 0 saturated carbocycles. The van der Waals surface area contributed by atoms with Crippen LogP contribution in [0.3, 0.4) is 0 Å². The summed E-state index contributed by atoms with van der Waals surface area (Å²) in [5.74, 6) is 1.44. The molecule has 0 spiro atoms. The molecular weight excluding hydrogens is 352 g/mol. The van der Waals surface area contributed by atoms with Gasteiger partial charge in [-0.25, -0.2) is 0 Å². The van der Waals surface area contributed by atoms with Crippen molar-refractivity contribution in [2.24, 2.45) is 5.92 Å². The van der Waals surface area contributed by atoms with Crippen LogP contribution in [0.4, 0.5) is 5.69 Å². The molecule has 0 unspecified atom stereocenters. The fourth-order valence-corrected chi connectivity index (χ4v) is 4.19. The fraction of sp³-hybridized carbons (Fsp3) is 0.435. The van der Waals surface area contributed by atoms with Crippen molar-refractivity contribution in [3.63, 3.8) is 0 Å². The van der Waals surface area contributed by atoms with E-state index in [0.717, 1.165) is 43.0 Å². The minimum atomic E-state index is -0.143. The molecule has 2 aromatic carbocycles. The Morgan fingerprint density at radius 2 is 2.07 bits per heavy atom. The van der Waals surface area contributed by atoms with Crippen LogP contribution in [-0.4, -0.2) is 39.3 Å². The van der Waals surface area contributed by atoms with Crippen LogP contribution in [0.15, 0.2) is 42.5 Å². The number of anilines is 1. The second-order valence-electron chi connectivity index (χ2n) is 7.52. The van der Waals surface area contributed by atoms with Crippen LogP contribution in [0.25, 0.3) is 0 Å². The van der Waals surface area contributed by atoms with E-state index in [1.54, 1.807) is 7.11 Å². The SMILES string of the molecule is COc1cccc2c1OC[C@H](C(=O)NCCCN1CCCc3ccccc31)C2. The number of nitrogens with zero attached hydrogens (tertiary/aromatic N) is 1. The van der Waals surface area contributed by atoms with Crippen molar-refractivity contribution in [2.45, 2.75) is 25.7 Å². The number of carbonyl (C=O) groups is 1. The summed E-state index contributed by atoms with van der Waals surface area (Å²) < 4.78 is 11.2. The van der Waals surface area contributed by atoms with Crippen molar-refractivity contribution >= 4 is 11.6 Å². The summed E-state index contributed by atoms with van der Waals surface area (Å²) in [5.41, 5.74) is 3.83. The largest absolute Gasteiger partial charge is 0.493 e. The minimum absolute atomic E-state index is 0.0764. The summed E-state index contributed by atoms with van der Waals surface area (Å²) in [6.07, 6.45) is 4.00. The predicted octanol–water partition coefficient (Wildman–Crippen LogP) is 3.21. The average Bonchev–Trinajstić information content (AvgIpc) is 2.75. The molecule has 28 heavy (non-hydrogen) atoms. The molecule has 0 aliphatic carbocycles. The third-order valence-corrected chi connectivity index (χ3v) is 5.66. The van der Waals surface area contributed by atoms with Crippen LogP contribution in [0.2, 0.25) is 0 Å². The Kier molecular flexibility index (Phi) is 5.70. The smallest absolute Gasteiger partial charge is 0.226 e. The number of hydrogen-bond acceptors (Lipinski definition) is 4. The summed E-state index contributed by atoms with van der Waals surface area (Å²) in [7, 11) is 1.64. The maximum absolute atomic E-state index is 12.6. The molecule has 1 atom stereocenters. The Morgan fingerprint density at radius 3 is 2.96 bits per heavy atom. The molecule has 2 aliphatic rings. The van der Waals surface area contributed by atoms with Gasteiger partial charge in [0.2, 0.25) is 5.91 Å². The lowest BCUT2D eigenvalue weighted by molar-refractivity contribution is -0.126. The van der Waals surface area contributed by atoms with Crippen LogP contribution in [-0.2, 0) is 17.6 Å². The topological polar surface area (TPSA) is 50.8 Å². The van der Waals surface area contributed by atoms with Gasteiger partial charge in [0.15, 0.2) is 11.5 Å². The maximum atomic E-state index is 12.6.